The first-order valence-corrected chi connectivity index (χ1v) is 6.36. The summed E-state index contributed by atoms with van der Waals surface area (Å²) in [7, 11) is 0. The minimum atomic E-state index is -1.06. The van der Waals surface area contributed by atoms with Crippen LogP contribution in [0.5, 0.6) is 0 Å². The number of carboxylic acids is 1. The summed E-state index contributed by atoms with van der Waals surface area (Å²) >= 11 is 2.87. The van der Waals surface area contributed by atoms with Crippen molar-refractivity contribution in [3.63, 3.8) is 0 Å². The number of aliphatic carboxylic acids is 1. The maximum atomic E-state index is 11.4. The Bertz CT molecular complexity index is 640. The van der Waals surface area contributed by atoms with E-state index in [0.29, 0.717) is 8.60 Å². The third-order valence-electron chi connectivity index (χ3n) is 1.74. The molecule has 0 saturated heterocycles. The van der Waals surface area contributed by atoms with Crippen LogP contribution in [-0.4, -0.2) is 41.3 Å². The van der Waals surface area contributed by atoms with E-state index in [-0.39, 0.29) is 17.3 Å². The number of carboxylic acid groups (broad SMARTS) is 1. The van der Waals surface area contributed by atoms with Gasteiger partial charge in [0.15, 0.2) is 0 Å². The molecule has 0 bridgehead atoms. The van der Waals surface area contributed by atoms with Gasteiger partial charge < -0.3 is 10.1 Å². The summed E-state index contributed by atoms with van der Waals surface area (Å²) in [6, 6.07) is 0. The summed E-state index contributed by atoms with van der Waals surface area (Å²) in [5, 5.41) is 20.0. The number of rotatable bonds is 4. The number of hydrogen-bond acceptors (Lipinski definition) is 7. The molecule has 0 fully saturated rings. The number of nitrogens with zero attached hydrogens (tertiary/aromatic N) is 5. The van der Waals surface area contributed by atoms with Gasteiger partial charge in [-0.1, -0.05) is 0 Å². The van der Waals surface area contributed by atoms with Crippen LogP contribution >= 0.6 is 34.4 Å². The minimum Gasteiger partial charge on any atom is -0.480 e. The molecule has 0 aliphatic carbocycles. The van der Waals surface area contributed by atoms with Crippen molar-refractivity contribution in [3.05, 3.63) is 20.3 Å². The van der Waals surface area contributed by atoms with E-state index in [1.165, 1.54) is 6.33 Å². The second-order valence-corrected chi connectivity index (χ2v) is 5.00. The molecule has 0 aromatic carbocycles. The van der Waals surface area contributed by atoms with Gasteiger partial charge in [0.05, 0.1) is 6.33 Å². The molecule has 0 aliphatic heterocycles. The molecule has 18 heavy (non-hydrogen) atoms. The summed E-state index contributed by atoms with van der Waals surface area (Å²) in [4.78, 5) is 28.4. The molecule has 2 aromatic rings. The van der Waals surface area contributed by atoms with E-state index in [2.05, 4.69) is 25.5 Å². The molecule has 94 valence electrons. The zero-order valence-corrected chi connectivity index (χ0v) is 11.5. The maximum Gasteiger partial charge on any atom is 0.325 e. The van der Waals surface area contributed by atoms with Crippen LogP contribution in [-0.2, 0) is 11.3 Å². The first-order chi connectivity index (χ1) is 8.58. The first kappa shape index (κ1) is 12.9. The number of H-pyrrole nitrogens is 1. The Morgan fingerprint density at radius 1 is 1.61 bits per heavy atom. The Hall–Kier alpha value is -1.50. The molecule has 0 aliphatic rings. The monoisotopic (exact) mass is 380 g/mol. The molecular weight excluding hydrogens is 375 g/mol. The van der Waals surface area contributed by atoms with E-state index in [4.69, 9.17) is 5.11 Å². The van der Waals surface area contributed by atoms with Crippen LogP contribution in [0.2, 0.25) is 0 Å². The second-order valence-electron chi connectivity index (χ2n) is 2.97. The molecular formula is C7H5IN6O3S. The number of tetrazole rings is 1. The Morgan fingerprint density at radius 3 is 3.11 bits per heavy atom. The predicted molar refractivity (Wildman–Crippen MR) is 67.2 cm³/mol. The summed E-state index contributed by atoms with van der Waals surface area (Å²) in [5.74, 6) is -1.06. The molecule has 11 heteroatoms. The van der Waals surface area contributed by atoms with Gasteiger partial charge in [0.1, 0.15) is 15.1 Å². The summed E-state index contributed by atoms with van der Waals surface area (Å²) < 4.78 is 1.51. The van der Waals surface area contributed by atoms with E-state index >= 15 is 0 Å². The highest BCUT2D eigenvalue weighted by Gasteiger charge is 2.14. The van der Waals surface area contributed by atoms with E-state index in [1.54, 1.807) is 0 Å². The molecule has 0 radical (unpaired) electrons. The van der Waals surface area contributed by atoms with Crippen molar-refractivity contribution in [2.24, 2.45) is 0 Å². The highest BCUT2D eigenvalue weighted by atomic mass is 127. The Labute approximate surface area is 117 Å². The maximum absolute atomic E-state index is 11.4. The number of hydrogen-bond donors (Lipinski definition) is 2. The van der Waals surface area contributed by atoms with Gasteiger partial charge in [0, 0.05) is 0 Å². The molecule has 2 rings (SSSR count). The number of nitrogens with one attached hydrogen (secondary N) is 1. The van der Waals surface area contributed by atoms with Crippen LogP contribution in [0, 0.1) is 3.57 Å². The number of carbonyl (C=O) groups is 1. The van der Waals surface area contributed by atoms with Crippen molar-refractivity contribution < 1.29 is 9.90 Å². The molecule has 0 saturated carbocycles. The van der Waals surface area contributed by atoms with E-state index in [0.717, 1.165) is 16.4 Å². The van der Waals surface area contributed by atoms with Gasteiger partial charge in [0.2, 0.25) is 5.16 Å². The highest BCUT2D eigenvalue weighted by molar-refractivity contribution is 14.1. The van der Waals surface area contributed by atoms with Crippen LogP contribution in [0.3, 0.4) is 0 Å². The lowest BCUT2D eigenvalue weighted by Crippen LogP contribution is -2.13. The van der Waals surface area contributed by atoms with E-state index in [1.807, 2.05) is 22.6 Å². The lowest BCUT2D eigenvalue weighted by Gasteiger charge is -2.01. The van der Waals surface area contributed by atoms with Gasteiger partial charge in [-0.2, -0.15) is 0 Å². The van der Waals surface area contributed by atoms with Crippen LogP contribution in [0.4, 0.5) is 0 Å². The average Bonchev–Trinajstić information content (AvgIpc) is 2.72. The third-order valence-corrected chi connectivity index (χ3v) is 4.08. The molecule has 0 amide bonds. The molecule has 2 aromatic heterocycles. The van der Waals surface area contributed by atoms with Crippen molar-refractivity contribution >= 4 is 40.3 Å². The third kappa shape index (κ3) is 2.84. The van der Waals surface area contributed by atoms with Crippen molar-refractivity contribution in [1.82, 2.24) is 30.2 Å². The van der Waals surface area contributed by atoms with Crippen LogP contribution in [0.15, 0.2) is 21.3 Å². The Kier molecular flexibility index (Phi) is 3.90. The highest BCUT2D eigenvalue weighted by Crippen LogP contribution is 2.25. The van der Waals surface area contributed by atoms with Gasteiger partial charge in [-0.25, -0.2) is 9.67 Å². The fourth-order valence-corrected chi connectivity index (χ4v) is 2.39. The van der Waals surface area contributed by atoms with Gasteiger partial charge in [-0.3, -0.25) is 9.59 Å². The summed E-state index contributed by atoms with van der Waals surface area (Å²) in [6.45, 7) is -0.352. The number of halogens is 1. The molecule has 0 spiro atoms. The minimum absolute atomic E-state index is 0.258. The van der Waals surface area contributed by atoms with Gasteiger partial charge in [-0.15, -0.1) is 5.10 Å². The molecule has 2 heterocycles. The largest absolute Gasteiger partial charge is 0.480 e. The summed E-state index contributed by atoms with van der Waals surface area (Å²) in [6.07, 6.45) is 1.26. The van der Waals surface area contributed by atoms with Crippen molar-refractivity contribution in [1.29, 1.82) is 0 Å². The van der Waals surface area contributed by atoms with Gasteiger partial charge in [0.25, 0.3) is 5.56 Å². The first-order valence-electron chi connectivity index (χ1n) is 4.47. The normalized spacial score (nSPS) is 10.5. The number of aromatic amines is 1. The SMILES string of the molecule is O=C(O)Cn1nnnc1Sc1nc[nH]c(=O)c1I. The Balaban J connectivity index is 2.29. The van der Waals surface area contributed by atoms with Crippen LogP contribution in [0.1, 0.15) is 0 Å². The smallest absolute Gasteiger partial charge is 0.325 e. The standard InChI is InChI=1S/C7H5IN6O3S/c8-4-5(17)9-2-10-6(4)18-7-11-12-13-14(7)1-3(15)16/h2H,1H2,(H,15,16)(H,9,10,17). The van der Waals surface area contributed by atoms with Crippen LogP contribution in [0.25, 0.3) is 0 Å². The molecule has 0 atom stereocenters. The van der Waals surface area contributed by atoms with Gasteiger partial charge >= 0.3 is 5.97 Å². The topological polar surface area (TPSA) is 127 Å². The van der Waals surface area contributed by atoms with Crippen molar-refractivity contribution in [3.8, 4) is 0 Å². The van der Waals surface area contributed by atoms with Crippen LogP contribution < -0.4 is 5.56 Å². The predicted octanol–water partition coefficient (Wildman–Crippen LogP) is -0.403. The molecule has 2 N–H and O–H groups in total. The van der Waals surface area contributed by atoms with E-state index in [9.17, 15) is 9.59 Å². The zero-order valence-electron chi connectivity index (χ0n) is 8.57. The van der Waals surface area contributed by atoms with E-state index < -0.39 is 5.97 Å². The molecule has 0 unspecified atom stereocenters. The molecule has 9 nitrogen and oxygen atoms in total. The fraction of sp³-hybridized carbons (Fsp3) is 0.143. The van der Waals surface area contributed by atoms with Crippen molar-refractivity contribution in [2.45, 2.75) is 16.7 Å². The Morgan fingerprint density at radius 2 is 2.39 bits per heavy atom. The second kappa shape index (κ2) is 5.43. The average molecular weight is 380 g/mol. The lowest BCUT2D eigenvalue weighted by molar-refractivity contribution is -0.138. The van der Waals surface area contributed by atoms with Gasteiger partial charge in [-0.05, 0) is 44.8 Å². The quantitative estimate of drug-likeness (QED) is 0.542. The summed E-state index contributed by atoms with van der Waals surface area (Å²) in [5.41, 5.74) is -0.273. The van der Waals surface area contributed by atoms with Crippen molar-refractivity contribution in [2.75, 3.05) is 0 Å². The number of aromatic nitrogens is 6. The zero-order chi connectivity index (χ0) is 13.1. The lowest BCUT2D eigenvalue weighted by atomic mass is 10.7. The fourth-order valence-electron chi connectivity index (χ4n) is 1.02.